The van der Waals surface area contributed by atoms with Crippen LogP contribution in [0.25, 0.3) is 0 Å². The Bertz CT molecular complexity index is 768. The first-order chi connectivity index (χ1) is 11.0. The molecule has 0 aliphatic rings. The van der Waals surface area contributed by atoms with Crippen LogP contribution >= 0.6 is 11.6 Å². The van der Waals surface area contributed by atoms with Crippen LogP contribution < -0.4 is 10.9 Å². The summed E-state index contributed by atoms with van der Waals surface area (Å²) in [5, 5.41) is 3.32. The van der Waals surface area contributed by atoms with E-state index in [1.54, 1.807) is 24.3 Å². The lowest BCUT2D eigenvalue weighted by molar-refractivity contribution is -0.121. The first kappa shape index (κ1) is 16.8. The fraction of sp³-hybridized carbons (Fsp3) is 0.188. The number of nitrogens with one attached hydrogen (secondary N) is 1. The summed E-state index contributed by atoms with van der Waals surface area (Å²) in [6, 6.07) is 9.63. The topological polar surface area (TPSA) is 77.4 Å². The van der Waals surface area contributed by atoms with E-state index in [4.69, 9.17) is 11.6 Å². The molecule has 0 aliphatic carbocycles. The number of nitrogens with zero attached hydrogens (tertiary/aromatic N) is 1. The molecule has 1 aromatic heterocycles. The first-order valence-corrected chi connectivity index (χ1v) is 7.17. The molecule has 0 saturated carbocycles. The molecule has 0 fully saturated rings. The van der Waals surface area contributed by atoms with E-state index >= 15 is 0 Å². The smallest absolute Gasteiger partial charge is 0.339 e. The number of aromatic nitrogens is 1. The van der Waals surface area contributed by atoms with Crippen molar-refractivity contribution in [2.24, 2.45) is 0 Å². The van der Waals surface area contributed by atoms with Gasteiger partial charge in [0, 0.05) is 23.8 Å². The van der Waals surface area contributed by atoms with Gasteiger partial charge in [0.25, 0.3) is 5.56 Å². The van der Waals surface area contributed by atoms with Crippen LogP contribution in [0.2, 0.25) is 5.02 Å². The number of pyridine rings is 1. The molecule has 1 aromatic carbocycles. The average molecular weight is 335 g/mol. The van der Waals surface area contributed by atoms with Gasteiger partial charge >= 0.3 is 5.97 Å². The predicted octanol–water partition coefficient (Wildman–Crippen LogP) is 1.60. The SMILES string of the molecule is COC(=O)c1ccc(=O)n(CC(=O)NCc2ccc(Cl)cc2)c1. The van der Waals surface area contributed by atoms with Gasteiger partial charge in [0.05, 0.1) is 12.7 Å². The zero-order chi connectivity index (χ0) is 16.8. The molecule has 0 aliphatic heterocycles. The van der Waals surface area contributed by atoms with Crippen molar-refractivity contribution in [2.75, 3.05) is 7.11 Å². The normalized spacial score (nSPS) is 10.2. The summed E-state index contributed by atoms with van der Waals surface area (Å²) in [7, 11) is 1.25. The Balaban J connectivity index is 2.01. The second-order valence-electron chi connectivity index (χ2n) is 4.78. The third-order valence-corrected chi connectivity index (χ3v) is 3.37. The molecule has 0 bridgehead atoms. The van der Waals surface area contributed by atoms with Gasteiger partial charge in [-0.3, -0.25) is 9.59 Å². The molecule has 0 spiro atoms. The third kappa shape index (κ3) is 4.69. The van der Waals surface area contributed by atoms with Crippen molar-refractivity contribution in [1.82, 2.24) is 9.88 Å². The predicted molar refractivity (Wildman–Crippen MR) is 85.3 cm³/mol. The van der Waals surface area contributed by atoms with Crippen molar-refractivity contribution in [3.05, 3.63) is 69.1 Å². The van der Waals surface area contributed by atoms with Crippen LogP contribution in [0, 0.1) is 0 Å². The fourth-order valence-electron chi connectivity index (χ4n) is 1.91. The van der Waals surface area contributed by atoms with Gasteiger partial charge < -0.3 is 14.6 Å². The lowest BCUT2D eigenvalue weighted by atomic mass is 10.2. The molecule has 0 unspecified atom stereocenters. The molecule has 1 N–H and O–H groups in total. The minimum Gasteiger partial charge on any atom is -0.465 e. The first-order valence-electron chi connectivity index (χ1n) is 6.79. The molecule has 0 atom stereocenters. The van der Waals surface area contributed by atoms with Crippen molar-refractivity contribution >= 4 is 23.5 Å². The highest BCUT2D eigenvalue weighted by Crippen LogP contribution is 2.09. The summed E-state index contributed by atoms with van der Waals surface area (Å²) in [6.45, 7) is 0.138. The van der Waals surface area contributed by atoms with E-state index in [0.717, 1.165) is 10.1 Å². The summed E-state index contributed by atoms with van der Waals surface area (Å²) in [5.41, 5.74) is 0.718. The molecule has 1 amide bonds. The summed E-state index contributed by atoms with van der Waals surface area (Å²) < 4.78 is 5.74. The van der Waals surface area contributed by atoms with Gasteiger partial charge in [-0.05, 0) is 23.8 Å². The van der Waals surface area contributed by atoms with Gasteiger partial charge in [0.15, 0.2) is 0 Å². The standard InChI is InChI=1S/C16H15ClN2O4/c1-23-16(22)12-4-7-15(21)19(9-12)10-14(20)18-8-11-2-5-13(17)6-3-11/h2-7,9H,8,10H2,1H3,(H,18,20). The monoisotopic (exact) mass is 334 g/mol. The fourth-order valence-corrected chi connectivity index (χ4v) is 2.03. The maximum atomic E-state index is 11.9. The van der Waals surface area contributed by atoms with E-state index < -0.39 is 5.97 Å². The highest BCUT2D eigenvalue weighted by Gasteiger charge is 2.10. The van der Waals surface area contributed by atoms with E-state index in [9.17, 15) is 14.4 Å². The van der Waals surface area contributed by atoms with Crippen LogP contribution in [0.4, 0.5) is 0 Å². The van der Waals surface area contributed by atoms with Crippen LogP contribution in [0.15, 0.2) is 47.4 Å². The van der Waals surface area contributed by atoms with E-state index in [1.165, 1.54) is 25.4 Å². The van der Waals surface area contributed by atoms with Crippen molar-refractivity contribution in [3.63, 3.8) is 0 Å². The van der Waals surface area contributed by atoms with Gasteiger partial charge in [-0.2, -0.15) is 0 Å². The Morgan fingerprint density at radius 2 is 1.87 bits per heavy atom. The van der Waals surface area contributed by atoms with Crippen molar-refractivity contribution in [1.29, 1.82) is 0 Å². The summed E-state index contributed by atoms with van der Waals surface area (Å²) in [5.74, 6) is -0.913. The van der Waals surface area contributed by atoms with Crippen molar-refractivity contribution in [3.8, 4) is 0 Å². The van der Waals surface area contributed by atoms with Crippen LogP contribution in [-0.4, -0.2) is 23.6 Å². The van der Waals surface area contributed by atoms with Gasteiger partial charge in [-0.1, -0.05) is 23.7 Å². The quantitative estimate of drug-likeness (QED) is 0.843. The Hall–Kier alpha value is -2.60. The molecule has 2 rings (SSSR count). The van der Waals surface area contributed by atoms with Gasteiger partial charge in [0.1, 0.15) is 6.54 Å². The molecule has 0 radical (unpaired) electrons. The van der Waals surface area contributed by atoms with E-state index in [-0.39, 0.29) is 23.6 Å². The van der Waals surface area contributed by atoms with E-state index in [2.05, 4.69) is 10.1 Å². The number of hydrogen-bond donors (Lipinski definition) is 1. The lowest BCUT2D eigenvalue weighted by Gasteiger charge is -2.09. The molecular weight excluding hydrogens is 320 g/mol. The minimum absolute atomic E-state index is 0.183. The van der Waals surface area contributed by atoms with Crippen LogP contribution in [-0.2, 0) is 22.6 Å². The zero-order valence-electron chi connectivity index (χ0n) is 12.4. The number of halogens is 1. The number of ether oxygens (including phenoxy) is 1. The van der Waals surface area contributed by atoms with Gasteiger partial charge in [-0.25, -0.2) is 4.79 Å². The third-order valence-electron chi connectivity index (χ3n) is 3.12. The molecule has 7 heteroatoms. The summed E-state index contributed by atoms with van der Waals surface area (Å²) in [4.78, 5) is 35.1. The van der Waals surface area contributed by atoms with Crippen LogP contribution in [0.1, 0.15) is 15.9 Å². The Kier molecular flexibility index (Phi) is 5.54. The van der Waals surface area contributed by atoms with Crippen LogP contribution in [0.3, 0.4) is 0 Å². The summed E-state index contributed by atoms with van der Waals surface area (Å²) in [6.07, 6.45) is 1.30. The van der Waals surface area contributed by atoms with E-state index in [0.29, 0.717) is 11.6 Å². The Morgan fingerprint density at radius 1 is 1.17 bits per heavy atom. The number of hydrogen-bond acceptors (Lipinski definition) is 4. The molecule has 1 heterocycles. The number of rotatable bonds is 5. The molecule has 2 aromatic rings. The molecular formula is C16H15ClN2O4. The summed E-state index contributed by atoms with van der Waals surface area (Å²) >= 11 is 5.79. The molecule has 23 heavy (non-hydrogen) atoms. The number of methoxy groups -OCH3 is 1. The molecule has 6 nitrogen and oxygen atoms in total. The number of carbonyl (C=O) groups is 2. The zero-order valence-corrected chi connectivity index (χ0v) is 13.2. The van der Waals surface area contributed by atoms with E-state index in [1.807, 2.05) is 0 Å². The number of amides is 1. The number of carbonyl (C=O) groups excluding carboxylic acids is 2. The maximum Gasteiger partial charge on any atom is 0.339 e. The van der Waals surface area contributed by atoms with Gasteiger partial charge in [0.2, 0.25) is 5.91 Å². The maximum absolute atomic E-state index is 11.9. The number of esters is 1. The Labute approximate surface area is 137 Å². The Morgan fingerprint density at radius 3 is 2.52 bits per heavy atom. The van der Waals surface area contributed by atoms with Crippen LogP contribution in [0.5, 0.6) is 0 Å². The second kappa shape index (κ2) is 7.60. The highest BCUT2D eigenvalue weighted by atomic mass is 35.5. The van der Waals surface area contributed by atoms with Crippen molar-refractivity contribution < 1.29 is 14.3 Å². The highest BCUT2D eigenvalue weighted by molar-refractivity contribution is 6.30. The minimum atomic E-state index is -0.569. The van der Waals surface area contributed by atoms with Gasteiger partial charge in [-0.15, -0.1) is 0 Å². The average Bonchev–Trinajstić information content (AvgIpc) is 2.55. The van der Waals surface area contributed by atoms with Crippen molar-refractivity contribution in [2.45, 2.75) is 13.1 Å². The lowest BCUT2D eigenvalue weighted by Crippen LogP contribution is -2.32. The number of benzene rings is 1. The second-order valence-corrected chi connectivity index (χ2v) is 5.22. The molecule has 120 valence electrons. The largest absolute Gasteiger partial charge is 0.465 e. The molecule has 0 saturated heterocycles.